The first kappa shape index (κ1) is 94.7. The van der Waals surface area contributed by atoms with Crippen LogP contribution in [0.5, 0.6) is 17.2 Å². The molecule has 0 saturated carbocycles. The van der Waals surface area contributed by atoms with Crippen molar-refractivity contribution in [1.82, 2.24) is 0 Å². The highest BCUT2D eigenvalue weighted by atomic mass is 31.2. The molecule has 3 nitrogen and oxygen atoms in total. The fourth-order valence-electron chi connectivity index (χ4n) is 16.9. The van der Waals surface area contributed by atoms with Crippen molar-refractivity contribution in [2.24, 2.45) is 0 Å². The van der Waals surface area contributed by atoms with Gasteiger partial charge < -0.3 is 13.6 Å². The Balaban J connectivity index is 1.63. The highest BCUT2D eigenvalue weighted by molar-refractivity contribution is 7.43. The van der Waals surface area contributed by atoms with Gasteiger partial charge in [0, 0.05) is 16.7 Å². The molecule has 4 heteroatoms. The molecule has 638 valence electrons. The summed E-state index contributed by atoms with van der Waals surface area (Å²) in [5, 5.41) is 0. The van der Waals surface area contributed by atoms with Gasteiger partial charge in [0.15, 0.2) is 0 Å². The lowest BCUT2D eigenvalue weighted by Crippen LogP contribution is -2.21. The van der Waals surface area contributed by atoms with E-state index in [9.17, 15) is 0 Å². The SMILES string of the molecule is CC(C)(C)c1ccc(-c2c(OP(Oc3ccc(C(C)(C)C)c(-c4ccc(C(C)(C)C)cc4C(C)(C)C)c3-c3ccc(C(C)(C)C)cc3C(C)(C)C)Oc3ccc(C(C)(C)C)c(-c4ccc(C(C)(C)C)cc4C(C)(C)C)c3-c3ccc(C(C)(C)C)cc3C(C)(C)C)ccc(C(C)(C)C)c2-c2ccc(C(C)(C)C)cc2C(C)(C)C)c(C(C)(C)C)c1. The highest BCUT2D eigenvalue weighted by Crippen LogP contribution is 2.61. The molecule has 9 rings (SSSR count). The van der Waals surface area contributed by atoms with Crippen molar-refractivity contribution in [3.05, 3.63) is 229 Å². The first-order valence-corrected chi connectivity index (χ1v) is 45.4. The molecule has 0 bridgehead atoms. The van der Waals surface area contributed by atoms with Gasteiger partial charge in [0.25, 0.3) is 0 Å². The van der Waals surface area contributed by atoms with Gasteiger partial charge in [-0.3, -0.25) is 0 Å². The van der Waals surface area contributed by atoms with E-state index in [1.54, 1.807) is 0 Å². The summed E-state index contributed by atoms with van der Waals surface area (Å²) in [6, 6.07) is 57.9. The zero-order valence-corrected chi connectivity index (χ0v) is 83.9. The monoisotopic (exact) mass is 1610 g/mol. The van der Waals surface area contributed by atoms with E-state index in [1.807, 2.05) is 0 Å². The van der Waals surface area contributed by atoms with Gasteiger partial charge in [0.05, 0.1) is 0 Å². The van der Waals surface area contributed by atoms with Gasteiger partial charge >= 0.3 is 8.60 Å². The molecule has 0 radical (unpaired) electrons. The third kappa shape index (κ3) is 20.6. The molecule has 0 spiro atoms. The Bertz CT molecular complexity index is 4680. The molecule has 0 aliphatic rings. The van der Waals surface area contributed by atoms with Crippen LogP contribution in [0.2, 0.25) is 0 Å². The van der Waals surface area contributed by atoms with Crippen molar-refractivity contribution < 1.29 is 13.6 Å². The molecule has 0 atom stereocenters. The van der Waals surface area contributed by atoms with E-state index >= 15 is 0 Å². The maximum Gasteiger partial charge on any atom is 0.530 e. The van der Waals surface area contributed by atoms with Gasteiger partial charge in [-0.2, -0.15) is 0 Å². The predicted octanol–water partition coefficient (Wildman–Crippen LogP) is 34.9. The zero-order valence-electron chi connectivity index (χ0n) is 83.0. The fraction of sp³-hybridized carbons (Fsp3) is 0.526. The van der Waals surface area contributed by atoms with E-state index in [-0.39, 0.29) is 81.2 Å². The molecular formula is C114H159O3P. The number of hydrogen-bond donors (Lipinski definition) is 0. The second kappa shape index (κ2) is 31.6. The summed E-state index contributed by atoms with van der Waals surface area (Å²) in [5.41, 5.74) is 28.7. The van der Waals surface area contributed by atoms with Crippen molar-refractivity contribution in [2.75, 3.05) is 0 Å². The molecule has 0 unspecified atom stereocenters. The Hall–Kier alpha value is -7.19. The molecule has 0 aliphatic carbocycles. The van der Waals surface area contributed by atoms with Crippen LogP contribution in [0, 0.1) is 0 Å². The normalized spacial score (nSPS) is 13.9. The summed E-state index contributed by atoms with van der Waals surface area (Å²) >= 11 is 0. The summed E-state index contributed by atoms with van der Waals surface area (Å²) in [6.07, 6.45) is 0. The van der Waals surface area contributed by atoms with Gasteiger partial charge in [0.1, 0.15) is 17.2 Å². The van der Waals surface area contributed by atoms with Crippen LogP contribution < -0.4 is 13.6 Å². The second-order valence-electron chi connectivity index (χ2n) is 50.4. The molecule has 9 aromatic carbocycles. The summed E-state index contributed by atoms with van der Waals surface area (Å²) in [7, 11) is -2.61. The Labute approximate surface area is 723 Å². The van der Waals surface area contributed by atoms with Crippen LogP contribution in [0.15, 0.2) is 146 Å². The maximum atomic E-state index is 8.58. The van der Waals surface area contributed by atoms with Gasteiger partial charge in [-0.1, -0.05) is 439 Å². The van der Waals surface area contributed by atoms with Gasteiger partial charge in [-0.25, -0.2) is 0 Å². The van der Waals surface area contributed by atoms with Crippen molar-refractivity contribution in [3.8, 4) is 84.0 Å². The third-order valence-corrected chi connectivity index (χ3v) is 25.3. The summed E-state index contributed by atoms with van der Waals surface area (Å²) in [6.45, 7) is 106. The predicted molar refractivity (Wildman–Crippen MR) is 521 cm³/mol. The minimum Gasteiger partial charge on any atom is -0.408 e. The zero-order chi connectivity index (χ0) is 89.5. The smallest absolute Gasteiger partial charge is 0.408 e. The Morgan fingerprint density at radius 1 is 0.144 bits per heavy atom. The molecule has 0 aromatic heterocycles. The lowest BCUT2D eigenvalue weighted by molar-refractivity contribution is 0.389. The van der Waals surface area contributed by atoms with Crippen molar-refractivity contribution in [3.63, 3.8) is 0 Å². The minimum absolute atomic E-state index is 0.113. The summed E-state index contributed by atoms with van der Waals surface area (Å²) in [5.74, 6) is 2.04. The average Bonchev–Trinajstić information content (AvgIpc) is 0.631. The molecule has 0 aliphatic heterocycles. The van der Waals surface area contributed by atoms with Gasteiger partial charge in [0.2, 0.25) is 0 Å². The quantitative estimate of drug-likeness (QED) is 0.114. The lowest BCUT2D eigenvalue weighted by atomic mass is 9.71. The highest BCUT2D eigenvalue weighted by Gasteiger charge is 2.41. The van der Waals surface area contributed by atoms with Gasteiger partial charge in [-0.05, 0) is 233 Å². The van der Waals surface area contributed by atoms with Crippen LogP contribution in [0.4, 0.5) is 0 Å². The largest absolute Gasteiger partial charge is 0.530 e. The first-order valence-electron chi connectivity index (χ1n) is 44.3. The summed E-state index contributed by atoms with van der Waals surface area (Å²) < 4.78 is 25.7. The van der Waals surface area contributed by atoms with E-state index < -0.39 is 8.60 Å². The van der Waals surface area contributed by atoms with E-state index in [0.29, 0.717) is 17.2 Å². The van der Waals surface area contributed by atoms with Gasteiger partial charge in [-0.15, -0.1) is 0 Å². The Morgan fingerprint density at radius 3 is 0.407 bits per heavy atom. The lowest BCUT2D eigenvalue weighted by Gasteiger charge is -2.35. The minimum atomic E-state index is -2.61. The fourth-order valence-corrected chi connectivity index (χ4v) is 17.9. The van der Waals surface area contributed by atoms with Crippen molar-refractivity contribution in [2.45, 2.75) is 393 Å². The van der Waals surface area contributed by atoms with Crippen LogP contribution in [0.25, 0.3) is 66.8 Å². The van der Waals surface area contributed by atoms with Crippen molar-refractivity contribution in [1.29, 1.82) is 0 Å². The van der Waals surface area contributed by atoms with E-state index in [0.717, 1.165) is 50.1 Å². The third-order valence-electron chi connectivity index (χ3n) is 24.2. The standard InChI is InChI=1S/C114H159O3P/c1-100(2,3)70-46-52-76(85(64-70)109(28,29)30)94-82(106(19,20)21)58-61-91(97(94)79-55-49-73(103(10,11)12)67-88(79)112(37,38)39)115-118(116-92-62-59-83(107(22,23)24)95(77-53-47-71(101(4,5)6)65-86(77)110(31,32)33)98(92)80-56-50-74(104(13,14)15)68-89(80)113(40,41)42)117-93-63-60-84(108(25,26)27)96(78-54-48-72(102(7,8)9)66-87(78)111(34,35)36)99(93)81-57-51-75(105(16,17)18)69-90(81)114(43,44)45/h46-69H,1-45H3. The van der Waals surface area contributed by atoms with E-state index in [2.05, 4.69) is 457 Å². The van der Waals surface area contributed by atoms with Crippen LogP contribution in [0.1, 0.15) is 395 Å². The molecule has 0 saturated heterocycles. The average molecular weight is 1610 g/mol. The van der Waals surface area contributed by atoms with E-state index in [4.69, 9.17) is 13.6 Å². The van der Waals surface area contributed by atoms with Crippen LogP contribution in [-0.4, -0.2) is 0 Å². The number of rotatable bonds is 12. The summed E-state index contributed by atoms with van der Waals surface area (Å²) in [4.78, 5) is 0. The topological polar surface area (TPSA) is 27.7 Å². The van der Waals surface area contributed by atoms with Crippen LogP contribution >= 0.6 is 8.60 Å². The Morgan fingerprint density at radius 2 is 0.280 bits per heavy atom. The van der Waals surface area contributed by atoms with Crippen molar-refractivity contribution >= 4 is 8.60 Å². The first-order chi connectivity index (χ1) is 53.0. The number of benzene rings is 9. The van der Waals surface area contributed by atoms with Crippen LogP contribution in [-0.2, 0) is 81.2 Å². The molecule has 0 fully saturated rings. The molecule has 0 N–H and O–H groups in total. The molecule has 0 heterocycles. The second-order valence-corrected chi connectivity index (χ2v) is 51.4. The molecule has 118 heavy (non-hydrogen) atoms. The van der Waals surface area contributed by atoms with E-state index in [1.165, 1.54) is 100 Å². The Kier molecular flexibility index (Phi) is 25.4. The molecule has 0 amide bonds. The molecular weight excluding hydrogens is 1450 g/mol. The van der Waals surface area contributed by atoms with Crippen LogP contribution in [0.3, 0.4) is 0 Å². The molecule has 9 aromatic rings. The number of hydrogen-bond acceptors (Lipinski definition) is 3. The maximum absolute atomic E-state index is 8.58.